The molecule has 0 heterocycles. The molecule has 0 saturated carbocycles. The predicted molar refractivity (Wildman–Crippen MR) is 75.9 cm³/mol. The molecule has 5 heteroatoms. The number of hydrazine groups is 1. The summed E-state index contributed by atoms with van der Waals surface area (Å²) >= 11 is 5.81. The fourth-order valence-corrected chi connectivity index (χ4v) is 1.53. The largest absolute Gasteiger partial charge is 0.325 e. The zero-order valence-electron chi connectivity index (χ0n) is 9.60. The normalized spacial score (nSPS) is 11.1. The molecule has 0 atom stereocenters. The molecule has 0 bridgehead atoms. The molecule has 18 heavy (non-hydrogen) atoms. The highest BCUT2D eigenvalue weighted by Gasteiger charge is 1.98. The maximum absolute atomic E-state index is 5.81. The molecule has 0 radical (unpaired) electrons. The molecule has 0 spiro atoms. The SMILES string of the molecule is NNC(=Nc1ccc(Cl)cc1)Nc1ccccc1. The highest BCUT2D eigenvalue weighted by Crippen LogP contribution is 2.16. The molecule has 4 N–H and O–H groups in total. The molecule has 2 rings (SSSR count). The quantitative estimate of drug-likeness (QED) is 0.337. The van der Waals surface area contributed by atoms with Crippen molar-refractivity contribution in [3.8, 4) is 0 Å². The lowest BCUT2D eigenvalue weighted by atomic mass is 10.3. The van der Waals surface area contributed by atoms with Crippen LogP contribution >= 0.6 is 11.6 Å². The number of nitrogens with zero attached hydrogens (tertiary/aromatic N) is 1. The van der Waals surface area contributed by atoms with E-state index in [-0.39, 0.29) is 0 Å². The third-order valence-electron chi connectivity index (χ3n) is 2.24. The maximum atomic E-state index is 5.81. The van der Waals surface area contributed by atoms with Crippen molar-refractivity contribution in [2.45, 2.75) is 0 Å². The van der Waals surface area contributed by atoms with Crippen LogP contribution in [-0.2, 0) is 0 Å². The van der Waals surface area contributed by atoms with Crippen LogP contribution < -0.4 is 16.6 Å². The van der Waals surface area contributed by atoms with Gasteiger partial charge in [0.25, 0.3) is 0 Å². The van der Waals surface area contributed by atoms with E-state index in [1.807, 2.05) is 42.5 Å². The van der Waals surface area contributed by atoms with Gasteiger partial charge >= 0.3 is 0 Å². The molecular weight excluding hydrogens is 248 g/mol. The first kappa shape index (κ1) is 12.4. The van der Waals surface area contributed by atoms with Gasteiger partial charge in [-0.3, -0.25) is 5.43 Å². The fraction of sp³-hybridized carbons (Fsp3) is 0. The van der Waals surface area contributed by atoms with E-state index in [0.29, 0.717) is 11.0 Å². The van der Waals surface area contributed by atoms with Crippen LogP contribution in [0.25, 0.3) is 0 Å². The molecule has 2 aromatic carbocycles. The van der Waals surface area contributed by atoms with Gasteiger partial charge in [-0.2, -0.15) is 0 Å². The van der Waals surface area contributed by atoms with E-state index in [9.17, 15) is 0 Å². The summed E-state index contributed by atoms with van der Waals surface area (Å²) in [5.74, 6) is 5.89. The van der Waals surface area contributed by atoms with Crippen molar-refractivity contribution in [1.29, 1.82) is 0 Å². The topological polar surface area (TPSA) is 62.4 Å². The van der Waals surface area contributed by atoms with Crippen LogP contribution in [0, 0.1) is 0 Å². The van der Waals surface area contributed by atoms with Crippen LogP contribution in [0.2, 0.25) is 5.02 Å². The summed E-state index contributed by atoms with van der Waals surface area (Å²) in [7, 11) is 0. The number of guanidine groups is 1. The summed E-state index contributed by atoms with van der Waals surface area (Å²) in [6.07, 6.45) is 0. The van der Waals surface area contributed by atoms with Crippen molar-refractivity contribution in [3.63, 3.8) is 0 Å². The first-order valence-electron chi connectivity index (χ1n) is 5.41. The minimum atomic E-state index is 0.462. The van der Waals surface area contributed by atoms with E-state index in [1.165, 1.54) is 0 Å². The molecular formula is C13H13ClN4. The van der Waals surface area contributed by atoms with Gasteiger partial charge in [0.1, 0.15) is 0 Å². The summed E-state index contributed by atoms with van der Waals surface area (Å²) in [4.78, 5) is 4.32. The van der Waals surface area contributed by atoms with Crippen molar-refractivity contribution < 1.29 is 0 Å². The number of aliphatic imine (C=N–C) groups is 1. The van der Waals surface area contributed by atoms with E-state index in [2.05, 4.69) is 15.7 Å². The summed E-state index contributed by atoms with van der Waals surface area (Å²) in [5.41, 5.74) is 4.19. The van der Waals surface area contributed by atoms with Gasteiger partial charge in [-0.25, -0.2) is 10.8 Å². The lowest BCUT2D eigenvalue weighted by Gasteiger charge is -2.08. The first-order chi connectivity index (χ1) is 8.78. The van der Waals surface area contributed by atoms with Crippen molar-refractivity contribution in [3.05, 3.63) is 59.6 Å². The first-order valence-corrected chi connectivity index (χ1v) is 5.78. The number of para-hydroxylation sites is 1. The summed E-state index contributed by atoms with van der Waals surface area (Å²) < 4.78 is 0. The number of hydrogen-bond donors (Lipinski definition) is 3. The molecule has 0 amide bonds. The highest BCUT2D eigenvalue weighted by atomic mass is 35.5. The van der Waals surface area contributed by atoms with Crippen molar-refractivity contribution in [2.24, 2.45) is 10.8 Å². The van der Waals surface area contributed by atoms with Crippen molar-refractivity contribution >= 4 is 28.9 Å². The molecule has 0 unspecified atom stereocenters. The second kappa shape index (κ2) is 6.05. The Morgan fingerprint density at radius 1 is 1.00 bits per heavy atom. The molecule has 0 saturated heterocycles. The number of halogens is 1. The molecule has 0 aliphatic heterocycles. The molecule has 92 valence electrons. The van der Waals surface area contributed by atoms with E-state index in [1.54, 1.807) is 12.1 Å². The smallest absolute Gasteiger partial charge is 0.215 e. The van der Waals surface area contributed by atoms with Crippen LogP contribution in [0.1, 0.15) is 0 Å². The van der Waals surface area contributed by atoms with Crippen LogP contribution in [-0.4, -0.2) is 5.96 Å². The molecule has 4 nitrogen and oxygen atoms in total. The number of nitrogens with one attached hydrogen (secondary N) is 2. The Morgan fingerprint density at radius 3 is 2.28 bits per heavy atom. The number of rotatable bonds is 2. The second-order valence-electron chi connectivity index (χ2n) is 3.57. The lowest BCUT2D eigenvalue weighted by Crippen LogP contribution is -2.35. The van der Waals surface area contributed by atoms with Crippen LogP contribution in [0.5, 0.6) is 0 Å². The molecule has 0 aromatic heterocycles. The number of hydrogen-bond acceptors (Lipinski definition) is 2. The zero-order chi connectivity index (χ0) is 12.8. The summed E-state index contributed by atoms with van der Waals surface area (Å²) in [5, 5.41) is 3.75. The van der Waals surface area contributed by atoms with E-state index in [0.717, 1.165) is 11.4 Å². The third-order valence-corrected chi connectivity index (χ3v) is 2.49. The van der Waals surface area contributed by atoms with Gasteiger partial charge < -0.3 is 5.32 Å². The maximum Gasteiger partial charge on any atom is 0.215 e. The number of nitrogens with two attached hydrogens (primary N) is 1. The van der Waals surface area contributed by atoms with Gasteiger partial charge in [-0.05, 0) is 36.4 Å². The summed E-state index contributed by atoms with van der Waals surface area (Å²) in [6.45, 7) is 0. The Labute approximate surface area is 110 Å². The van der Waals surface area contributed by atoms with Gasteiger partial charge in [-0.1, -0.05) is 29.8 Å². The Bertz CT molecular complexity index is 522. The molecule has 0 aliphatic rings. The predicted octanol–water partition coefficient (Wildman–Crippen LogP) is 2.90. The van der Waals surface area contributed by atoms with E-state index < -0.39 is 0 Å². The van der Waals surface area contributed by atoms with Crippen LogP contribution in [0.15, 0.2) is 59.6 Å². The highest BCUT2D eigenvalue weighted by molar-refractivity contribution is 6.30. The summed E-state index contributed by atoms with van der Waals surface area (Å²) in [6, 6.07) is 16.8. The second-order valence-corrected chi connectivity index (χ2v) is 4.01. The minimum Gasteiger partial charge on any atom is -0.325 e. The van der Waals surface area contributed by atoms with Crippen LogP contribution in [0.3, 0.4) is 0 Å². The Hall–Kier alpha value is -2.04. The fourth-order valence-electron chi connectivity index (χ4n) is 1.40. The molecule has 2 aromatic rings. The standard InChI is InChI=1S/C13H13ClN4/c14-10-6-8-12(9-7-10)17-13(18-15)16-11-4-2-1-3-5-11/h1-9H,15H2,(H2,16,17,18). The van der Waals surface area contributed by atoms with Gasteiger partial charge in [0.15, 0.2) is 0 Å². The van der Waals surface area contributed by atoms with Gasteiger partial charge in [0.05, 0.1) is 5.69 Å². The van der Waals surface area contributed by atoms with E-state index in [4.69, 9.17) is 17.4 Å². The van der Waals surface area contributed by atoms with Gasteiger partial charge in [0.2, 0.25) is 5.96 Å². The monoisotopic (exact) mass is 260 g/mol. The van der Waals surface area contributed by atoms with Gasteiger partial charge in [0, 0.05) is 10.7 Å². The van der Waals surface area contributed by atoms with Crippen molar-refractivity contribution in [2.75, 3.05) is 5.32 Å². The third kappa shape index (κ3) is 3.48. The Kier molecular flexibility index (Phi) is 4.17. The van der Waals surface area contributed by atoms with Crippen LogP contribution in [0.4, 0.5) is 11.4 Å². The van der Waals surface area contributed by atoms with Crippen molar-refractivity contribution in [1.82, 2.24) is 5.43 Å². The Morgan fingerprint density at radius 2 is 1.67 bits per heavy atom. The lowest BCUT2D eigenvalue weighted by molar-refractivity contribution is 1.02. The zero-order valence-corrected chi connectivity index (χ0v) is 10.4. The van der Waals surface area contributed by atoms with Gasteiger partial charge in [-0.15, -0.1) is 0 Å². The average Bonchev–Trinajstić information content (AvgIpc) is 2.41. The molecule has 0 aliphatic carbocycles. The number of benzene rings is 2. The number of anilines is 1. The van der Waals surface area contributed by atoms with E-state index >= 15 is 0 Å². The average molecular weight is 261 g/mol. The Balaban J connectivity index is 2.15. The molecule has 0 fully saturated rings. The minimum absolute atomic E-state index is 0.462.